The van der Waals surface area contributed by atoms with Crippen LogP contribution in [-0.2, 0) is 9.53 Å². The molecule has 1 N–H and O–H groups in total. The third kappa shape index (κ3) is 4.28. The van der Waals surface area contributed by atoms with Crippen LogP contribution in [0.3, 0.4) is 0 Å². The van der Waals surface area contributed by atoms with Gasteiger partial charge >= 0.3 is 11.7 Å². The van der Waals surface area contributed by atoms with Crippen molar-refractivity contribution in [3.63, 3.8) is 0 Å². The molecule has 174 valence electrons. The molecule has 0 spiro atoms. The van der Waals surface area contributed by atoms with Gasteiger partial charge in [-0.15, -0.1) is 0 Å². The lowest BCUT2D eigenvalue weighted by molar-refractivity contribution is -0.386. The SMILES string of the molecule is CCOC(=O)C1=C(C)N=c2s/c(=C\c3cc(I)c(O)c([N+](=O)[O-])c3)c(=O)n2[C@H]1c1ccccc1. The second kappa shape index (κ2) is 9.50. The van der Waals surface area contributed by atoms with Crippen LogP contribution in [0.15, 0.2) is 63.5 Å². The van der Waals surface area contributed by atoms with Gasteiger partial charge in [0.15, 0.2) is 4.80 Å². The van der Waals surface area contributed by atoms with Crippen molar-refractivity contribution in [2.75, 3.05) is 6.61 Å². The highest BCUT2D eigenvalue weighted by molar-refractivity contribution is 14.1. The summed E-state index contributed by atoms with van der Waals surface area (Å²) < 4.78 is 7.28. The third-order valence-corrected chi connectivity index (χ3v) is 7.00. The normalized spacial score (nSPS) is 15.6. The Kier molecular flexibility index (Phi) is 6.66. The number of carbonyl (C=O) groups excluding carboxylic acids is 1. The van der Waals surface area contributed by atoms with Gasteiger partial charge in [0.1, 0.15) is 0 Å². The zero-order valence-corrected chi connectivity index (χ0v) is 21.0. The highest BCUT2D eigenvalue weighted by Gasteiger charge is 2.33. The summed E-state index contributed by atoms with van der Waals surface area (Å²) in [4.78, 5) is 41.9. The molecule has 1 aliphatic rings. The Morgan fingerprint density at radius 2 is 2.06 bits per heavy atom. The van der Waals surface area contributed by atoms with Crippen LogP contribution in [0.5, 0.6) is 5.75 Å². The van der Waals surface area contributed by atoms with Crippen molar-refractivity contribution in [1.29, 1.82) is 0 Å². The Morgan fingerprint density at radius 1 is 1.35 bits per heavy atom. The van der Waals surface area contributed by atoms with E-state index in [1.807, 2.05) is 30.3 Å². The summed E-state index contributed by atoms with van der Waals surface area (Å²) in [7, 11) is 0. The standard InChI is InChI=1S/C23H18IN3O6S/c1-3-33-22(30)18-12(2)25-23-26(19(18)14-7-5-4-6-8-14)21(29)17(34-23)11-13-9-15(24)20(28)16(10-13)27(31)32/h4-11,19,28H,3H2,1-2H3/b17-11-/t19-/m0/s1. The number of nitro benzene ring substituents is 1. The predicted octanol–water partition coefficient (Wildman–Crippen LogP) is 3.02. The van der Waals surface area contributed by atoms with Crippen LogP contribution in [0.2, 0.25) is 0 Å². The lowest BCUT2D eigenvalue weighted by atomic mass is 9.96. The number of carbonyl (C=O) groups is 1. The molecule has 4 rings (SSSR count). The molecular formula is C23H18IN3O6S. The average molecular weight is 591 g/mol. The Morgan fingerprint density at radius 3 is 2.71 bits per heavy atom. The van der Waals surface area contributed by atoms with E-state index in [-0.39, 0.29) is 20.3 Å². The fourth-order valence-electron chi connectivity index (χ4n) is 3.72. The molecule has 0 fully saturated rings. The number of fused-ring (bicyclic) bond motifs is 1. The molecule has 3 aromatic rings. The van der Waals surface area contributed by atoms with Crippen LogP contribution in [0.4, 0.5) is 5.69 Å². The first-order valence-corrected chi connectivity index (χ1v) is 12.0. The fourth-order valence-corrected chi connectivity index (χ4v) is 5.40. The number of halogens is 1. The number of hydrogen-bond donors (Lipinski definition) is 1. The van der Waals surface area contributed by atoms with Crippen LogP contribution < -0.4 is 14.9 Å². The second-order valence-electron chi connectivity index (χ2n) is 7.34. The number of esters is 1. The number of allylic oxidation sites excluding steroid dienone is 1. The molecule has 0 aliphatic carbocycles. The minimum absolute atomic E-state index is 0.180. The molecule has 2 heterocycles. The molecule has 1 aromatic heterocycles. The number of aromatic hydroxyl groups is 1. The summed E-state index contributed by atoms with van der Waals surface area (Å²) >= 11 is 2.91. The van der Waals surface area contributed by atoms with Crippen molar-refractivity contribution in [3.8, 4) is 5.75 Å². The number of nitrogens with zero attached hydrogens (tertiary/aromatic N) is 3. The van der Waals surface area contributed by atoms with Crippen LogP contribution >= 0.6 is 33.9 Å². The maximum atomic E-state index is 13.5. The summed E-state index contributed by atoms with van der Waals surface area (Å²) in [6.45, 7) is 3.59. The van der Waals surface area contributed by atoms with Crippen LogP contribution in [0.1, 0.15) is 31.0 Å². The van der Waals surface area contributed by atoms with E-state index in [1.165, 1.54) is 16.7 Å². The molecule has 9 nitrogen and oxygen atoms in total. The summed E-state index contributed by atoms with van der Waals surface area (Å²) in [5.41, 5.74) is 1.00. The molecule has 0 unspecified atom stereocenters. The van der Waals surface area contributed by atoms with E-state index in [4.69, 9.17) is 4.74 Å². The van der Waals surface area contributed by atoms with E-state index in [0.717, 1.165) is 16.9 Å². The van der Waals surface area contributed by atoms with E-state index in [1.54, 1.807) is 42.5 Å². The zero-order valence-electron chi connectivity index (χ0n) is 18.0. The van der Waals surface area contributed by atoms with Gasteiger partial charge in [0.25, 0.3) is 5.56 Å². The first-order valence-electron chi connectivity index (χ1n) is 10.1. The first kappa shape index (κ1) is 23.8. The van der Waals surface area contributed by atoms with Gasteiger partial charge in [-0.05, 0) is 59.7 Å². The summed E-state index contributed by atoms with van der Waals surface area (Å²) in [5.74, 6) is -0.974. The van der Waals surface area contributed by atoms with Gasteiger partial charge in [-0.2, -0.15) is 0 Å². The summed E-state index contributed by atoms with van der Waals surface area (Å²) in [6, 6.07) is 11.2. The van der Waals surface area contributed by atoms with Gasteiger partial charge in [-0.3, -0.25) is 19.5 Å². The molecule has 0 amide bonds. The van der Waals surface area contributed by atoms with Gasteiger partial charge in [-0.1, -0.05) is 41.7 Å². The number of aromatic nitrogens is 1. The number of phenolic OH excluding ortho intramolecular Hbond substituents is 1. The quantitative estimate of drug-likeness (QED) is 0.211. The van der Waals surface area contributed by atoms with Gasteiger partial charge in [0.05, 0.1) is 36.9 Å². The van der Waals surface area contributed by atoms with Crippen LogP contribution in [-0.4, -0.2) is 27.2 Å². The predicted molar refractivity (Wildman–Crippen MR) is 134 cm³/mol. The molecule has 34 heavy (non-hydrogen) atoms. The van der Waals surface area contributed by atoms with Crippen LogP contribution in [0, 0.1) is 13.7 Å². The van der Waals surface area contributed by atoms with E-state index in [2.05, 4.69) is 4.99 Å². The molecule has 1 aliphatic heterocycles. The summed E-state index contributed by atoms with van der Waals surface area (Å²) in [5, 5.41) is 21.3. The fraction of sp³-hybridized carbons (Fsp3) is 0.174. The highest BCUT2D eigenvalue weighted by Crippen LogP contribution is 2.33. The van der Waals surface area contributed by atoms with Crippen molar-refractivity contribution in [2.24, 2.45) is 4.99 Å². The number of phenols is 1. The van der Waals surface area contributed by atoms with Crippen molar-refractivity contribution < 1.29 is 19.6 Å². The largest absolute Gasteiger partial charge is 0.501 e. The summed E-state index contributed by atoms with van der Waals surface area (Å²) in [6.07, 6.45) is 1.52. The molecule has 0 saturated carbocycles. The average Bonchev–Trinajstić information content (AvgIpc) is 3.10. The second-order valence-corrected chi connectivity index (χ2v) is 9.51. The number of rotatable bonds is 5. The lowest BCUT2D eigenvalue weighted by Crippen LogP contribution is -2.39. The van der Waals surface area contributed by atoms with Crippen molar-refractivity contribution >= 4 is 51.7 Å². The number of thiazole rings is 1. The molecule has 0 radical (unpaired) electrons. The highest BCUT2D eigenvalue weighted by atomic mass is 127. The van der Waals surface area contributed by atoms with E-state index >= 15 is 0 Å². The molecular weight excluding hydrogens is 573 g/mol. The zero-order chi connectivity index (χ0) is 24.6. The Bertz CT molecular complexity index is 1520. The molecule has 11 heteroatoms. The Labute approximate surface area is 210 Å². The van der Waals surface area contributed by atoms with Crippen molar-refractivity contribution in [3.05, 3.63) is 98.2 Å². The minimum atomic E-state index is -0.729. The number of nitro groups is 1. The van der Waals surface area contributed by atoms with Gasteiger partial charge in [0, 0.05) is 6.07 Å². The van der Waals surface area contributed by atoms with Crippen LogP contribution in [0.25, 0.3) is 6.08 Å². The maximum Gasteiger partial charge on any atom is 0.338 e. The first-order chi connectivity index (χ1) is 16.2. The lowest BCUT2D eigenvalue weighted by Gasteiger charge is -2.24. The maximum absolute atomic E-state index is 13.5. The molecule has 2 aromatic carbocycles. The van der Waals surface area contributed by atoms with E-state index in [9.17, 15) is 24.8 Å². The van der Waals surface area contributed by atoms with Crippen molar-refractivity contribution in [2.45, 2.75) is 19.9 Å². The number of ether oxygens (including phenoxy) is 1. The minimum Gasteiger partial charge on any atom is -0.501 e. The van der Waals surface area contributed by atoms with E-state index < -0.39 is 33.9 Å². The monoisotopic (exact) mass is 591 g/mol. The van der Waals surface area contributed by atoms with Gasteiger partial charge in [-0.25, -0.2) is 9.79 Å². The van der Waals surface area contributed by atoms with E-state index in [0.29, 0.717) is 16.1 Å². The number of benzene rings is 2. The topological polar surface area (TPSA) is 124 Å². The van der Waals surface area contributed by atoms with Gasteiger partial charge < -0.3 is 9.84 Å². The van der Waals surface area contributed by atoms with Crippen molar-refractivity contribution in [1.82, 2.24) is 4.57 Å². The third-order valence-electron chi connectivity index (χ3n) is 5.19. The molecule has 1 atom stereocenters. The smallest absolute Gasteiger partial charge is 0.338 e. The Balaban J connectivity index is 1.96. The van der Waals surface area contributed by atoms with Gasteiger partial charge in [0.2, 0.25) is 5.75 Å². The molecule has 0 bridgehead atoms. The Hall–Kier alpha value is -3.32. The molecule has 0 saturated heterocycles. The number of hydrogen-bond acceptors (Lipinski definition) is 8.